The van der Waals surface area contributed by atoms with Crippen LogP contribution in [-0.4, -0.2) is 50.1 Å². The minimum absolute atomic E-state index is 0.00801. The van der Waals surface area contributed by atoms with Crippen molar-refractivity contribution in [1.82, 2.24) is 20.7 Å². The third-order valence-electron chi connectivity index (χ3n) is 5.14. The minimum atomic E-state index is -1.43. The molecule has 0 radical (unpaired) electrons. The van der Waals surface area contributed by atoms with E-state index >= 15 is 0 Å². The lowest BCUT2D eigenvalue weighted by Crippen LogP contribution is -2.44. The van der Waals surface area contributed by atoms with Crippen LogP contribution in [0.5, 0.6) is 0 Å². The molecule has 8 nitrogen and oxygen atoms in total. The minimum Gasteiger partial charge on any atom is -0.481 e. The Balaban J connectivity index is 1.80. The number of carboxylic acid groups (broad SMARTS) is 1. The molecule has 0 spiro atoms. The van der Waals surface area contributed by atoms with Gasteiger partial charge in [-0.15, -0.1) is 0 Å². The van der Waals surface area contributed by atoms with E-state index in [4.69, 9.17) is 0 Å². The van der Waals surface area contributed by atoms with Gasteiger partial charge in [-0.25, -0.2) is 4.39 Å². The summed E-state index contributed by atoms with van der Waals surface area (Å²) in [5.74, 6) is -1.98. The molecule has 162 valence electrons. The molecule has 1 aromatic heterocycles. The molecule has 0 aliphatic heterocycles. The Bertz CT molecular complexity index is 1040. The molecule has 2 aromatic carbocycles. The molecule has 1 heterocycles. The molecule has 0 saturated heterocycles. The number of hydrogen-bond acceptors (Lipinski definition) is 5. The number of aliphatic hydroxyl groups excluding tert-OH is 1. The number of aromatic amines is 1. The van der Waals surface area contributed by atoms with E-state index in [-0.39, 0.29) is 17.9 Å². The van der Waals surface area contributed by atoms with Gasteiger partial charge in [-0.1, -0.05) is 36.4 Å². The molecule has 4 N–H and O–H groups in total. The summed E-state index contributed by atoms with van der Waals surface area (Å²) in [6.45, 7) is 0.856. The highest BCUT2D eigenvalue weighted by Crippen LogP contribution is 2.26. The van der Waals surface area contributed by atoms with Crippen LogP contribution in [-0.2, 0) is 11.2 Å². The van der Waals surface area contributed by atoms with Crippen molar-refractivity contribution in [1.29, 1.82) is 0 Å². The van der Waals surface area contributed by atoms with Crippen LogP contribution in [0.15, 0.2) is 54.7 Å². The number of H-pyrrole nitrogens is 1. The van der Waals surface area contributed by atoms with Crippen molar-refractivity contribution in [3.8, 4) is 11.1 Å². The van der Waals surface area contributed by atoms with Gasteiger partial charge >= 0.3 is 5.97 Å². The van der Waals surface area contributed by atoms with Crippen molar-refractivity contribution in [2.24, 2.45) is 5.41 Å². The van der Waals surface area contributed by atoms with Crippen LogP contribution in [0.3, 0.4) is 0 Å². The van der Waals surface area contributed by atoms with Crippen LogP contribution in [0.1, 0.15) is 29.4 Å². The molecule has 2 unspecified atom stereocenters. The molecule has 3 aromatic rings. The summed E-state index contributed by atoms with van der Waals surface area (Å²) in [6, 6.07) is 13.0. The van der Waals surface area contributed by atoms with Crippen molar-refractivity contribution < 1.29 is 24.2 Å². The van der Waals surface area contributed by atoms with Crippen molar-refractivity contribution in [2.75, 3.05) is 6.61 Å². The molecular formula is C22H23FN4O4. The maximum Gasteiger partial charge on any atom is 0.311 e. The molecule has 31 heavy (non-hydrogen) atoms. The Kier molecular flexibility index (Phi) is 6.76. The quantitative estimate of drug-likeness (QED) is 0.416. The predicted octanol–water partition coefficient (Wildman–Crippen LogP) is 2.43. The van der Waals surface area contributed by atoms with E-state index in [1.807, 2.05) is 24.3 Å². The molecule has 1 amide bonds. The molecule has 3 rings (SSSR count). The number of nitrogens with one attached hydrogen (secondary N) is 2. The average Bonchev–Trinajstić information content (AvgIpc) is 3.29. The molecular weight excluding hydrogens is 403 g/mol. The second kappa shape index (κ2) is 9.48. The number of nitrogens with zero attached hydrogens (tertiary/aromatic N) is 2. The number of aliphatic hydroxyl groups is 1. The van der Waals surface area contributed by atoms with Crippen LogP contribution in [0.25, 0.3) is 11.1 Å². The van der Waals surface area contributed by atoms with E-state index in [1.165, 1.54) is 25.3 Å². The number of rotatable bonds is 9. The summed E-state index contributed by atoms with van der Waals surface area (Å²) in [4.78, 5) is 24.1. The van der Waals surface area contributed by atoms with E-state index in [0.29, 0.717) is 6.42 Å². The fourth-order valence-corrected chi connectivity index (χ4v) is 3.29. The van der Waals surface area contributed by atoms with Gasteiger partial charge in [-0.05, 0) is 48.6 Å². The van der Waals surface area contributed by atoms with E-state index in [9.17, 15) is 24.2 Å². The number of carbonyl (C=O) groups excluding carboxylic acids is 1. The fraction of sp³-hybridized carbons (Fsp3) is 0.273. The van der Waals surface area contributed by atoms with E-state index in [1.54, 1.807) is 12.1 Å². The van der Waals surface area contributed by atoms with Gasteiger partial charge in [0, 0.05) is 6.04 Å². The normalized spacial score (nSPS) is 13.9. The SMILES string of the molecule is CC(CO)(CC(Cc1ccc(-c2cccc(F)c2)cc1)NC(=O)c1cn[nH]n1)C(=O)O. The van der Waals surface area contributed by atoms with Crippen LogP contribution in [0, 0.1) is 11.2 Å². The Morgan fingerprint density at radius 2 is 1.94 bits per heavy atom. The first kappa shape index (κ1) is 22.1. The Morgan fingerprint density at radius 1 is 1.19 bits per heavy atom. The second-order valence-corrected chi connectivity index (χ2v) is 7.67. The zero-order valence-electron chi connectivity index (χ0n) is 16.9. The van der Waals surface area contributed by atoms with Crippen LogP contribution in [0.4, 0.5) is 4.39 Å². The van der Waals surface area contributed by atoms with Crippen molar-refractivity contribution >= 4 is 11.9 Å². The summed E-state index contributed by atoms with van der Waals surface area (Å²) in [7, 11) is 0. The highest BCUT2D eigenvalue weighted by Gasteiger charge is 2.36. The highest BCUT2D eigenvalue weighted by atomic mass is 19.1. The lowest BCUT2D eigenvalue weighted by atomic mass is 9.82. The van der Waals surface area contributed by atoms with E-state index < -0.39 is 29.9 Å². The summed E-state index contributed by atoms with van der Waals surface area (Å²) < 4.78 is 13.5. The Morgan fingerprint density at radius 3 is 2.52 bits per heavy atom. The molecule has 0 aliphatic carbocycles. The largest absolute Gasteiger partial charge is 0.481 e. The van der Waals surface area contributed by atoms with Crippen LogP contribution in [0.2, 0.25) is 0 Å². The number of carbonyl (C=O) groups is 2. The summed E-state index contributed by atoms with van der Waals surface area (Å²) in [5.41, 5.74) is 1.06. The summed E-state index contributed by atoms with van der Waals surface area (Å²) >= 11 is 0. The molecule has 9 heteroatoms. The maximum absolute atomic E-state index is 13.5. The van der Waals surface area contributed by atoms with Crippen LogP contribution >= 0.6 is 0 Å². The number of aromatic nitrogens is 3. The predicted molar refractivity (Wildman–Crippen MR) is 111 cm³/mol. The number of hydrogen-bond donors (Lipinski definition) is 4. The Hall–Kier alpha value is -3.59. The number of carboxylic acids is 1. The van der Waals surface area contributed by atoms with Crippen molar-refractivity contribution in [3.05, 3.63) is 71.8 Å². The first-order valence-corrected chi connectivity index (χ1v) is 9.66. The molecule has 0 aliphatic rings. The third-order valence-corrected chi connectivity index (χ3v) is 5.14. The van der Waals surface area contributed by atoms with Gasteiger partial charge in [0.15, 0.2) is 5.69 Å². The topological polar surface area (TPSA) is 128 Å². The second-order valence-electron chi connectivity index (χ2n) is 7.67. The number of benzene rings is 2. The van der Waals surface area contributed by atoms with Crippen LogP contribution < -0.4 is 5.32 Å². The number of halogens is 1. The highest BCUT2D eigenvalue weighted by molar-refractivity contribution is 5.92. The Labute approximate surface area is 178 Å². The van der Waals surface area contributed by atoms with Gasteiger partial charge in [0.25, 0.3) is 5.91 Å². The monoisotopic (exact) mass is 426 g/mol. The fourth-order valence-electron chi connectivity index (χ4n) is 3.29. The molecule has 0 bridgehead atoms. The summed E-state index contributed by atoms with van der Waals surface area (Å²) in [6.07, 6.45) is 1.60. The first-order valence-electron chi connectivity index (χ1n) is 9.66. The molecule has 0 fully saturated rings. The first-order chi connectivity index (χ1) is 14.8. The third kappa shape index (κ3) is 5.52. The molecule has 0 saturated carbocycles. The van der Waals surface area contributed by atoms with Crippen molar-refractivity contribution in [3.63, 3.8) is 0 Å². The zero-order valence-corrected chi connectivity index (χ0v) is 16.9. The summed E-state index contributed by atoms with van der Waals surface area (Å²) in [5, 5.41) is 31.6. The van der Waals surface area contributed by atoms with E-state index in [2.05, 4.69) is 20.7 Å². The van der Waals surface area contributed by atoms with Crippen molar-refractivity contribution in [2.45, 2.75) is 25.8 Å². The lowest BCUT2D eigenvalue weighted by Gasteiger charge is -2.28. The number of aliphatic carboxylic acids is 1. The van der Waals surface area contributed by atoms with Gasteiger partial charge in [-0.2, -0.15) is 15.4 Å². The van der Waals surface area contributed by atoms with E-state index in [0.717, 1.165) is 16.7 Å². The average molecular weight is 426 g/mol. The standard InChI is InChI=1S/C22H23FN4O4/c1-22(13-28,21(30)31)11-18(25-20(29)19-12-24-27-26-19)9-14-5-7-15(8-6-14)16-3-2-4-17(23)10-16/h2-8,10,12,18,28H,9,11,13H2,1H3,(H,25,29)(H,30,31)(H,24,26,27). The van der Waals surface area contributed by atoms with Gasteiger partial charge in [-0.3, -0.25) is 9.59 Å². The molecule has 2 atom stereocenters. The van der Waals surface area contributed by atoms with Gasteiger partial charge < -0.3 is 15.5 Å². The van der Waals surface area contributed by atoms with Gasteiger partial charge in [0.05, 0.1) is 18.2 Å². The lowest BCUT2D eigenvalue weighted by molar-refractivity contribution is -0.151. The van der Waals surface area contributed by atoms with Gasteiger partial charge in [0.2, 0.25) is 0 Å². The zero-order chi connectivity index (χ0) is 22.4. The smallest absolute Gasteiger partial charge is 0.311 e. The maximum atomic E-state index is 13.5. The van der Waals surface area contributed by atoms with Gasteiger partial charge in [0.1, 0.15) is 5.82 Å². The number of amides is 1.